The molecule has 1 unspecified atom stereocenters. The lowest BCUT2D eigenvalue weighted by molar-refractivity contribution is -0.141. The number of carboxylic acids is 1. The van der Waals surface area contributed by atoms with Gasteiger partial charge in [0.05, 0.1) is 12.5 Å². The fourth-order valence-corrected chi connectivity index (χ4v) is 1.54. The standard InChI is InChI=1S/C11H19N5O3/c1-4-16-7-13-14-9(16)5-12-11(19)15(3)6-8(2)10(17)18/h7-8H,4-6H2,1-3H3,(H,12,19)(H,17,18). The Morgan fingerprint density at radius 2 is 2.26 bits per heavy atom. The van der Waals surface area contributed by atoms with Gasteiger partial charge >= 0.3 is 12.0 Å². The maximum atomic E-state index is 11.8. The quantitative estimate of drug-likeness (QED) is 0.766. The first-order valence-corrected chi connectivity index (χ1v) is 6.04. The van der Waals surface area contributed by atoms with Gasteiger partial charge in [0.15, 0.2) is 5.82 Å². The van der Waals surface area contributed by atoms with Crippen molar-refractivity contribution in [1.82, 2.24) is 25.0 Å². The van der Waals surface area contributed by atoms with Crippen molar-refractivity contribution < 1.29 is 14.7 Å². The number of carboxylic acid groups (broad SMARTS) is 1. The lowest BCUT2D eigenvalue weighted by Gasteiger charge is -2.19. The minimum atomic E-state index is -0.926. The summed E-state index contributed by atoms with van der Waals surface area (Å²) in [5.74, 6) is -0.865. The van der Waals surface area contributed by atoms with Crippen molar-refractivity contribution in [3.63, 3.8) is 0 Å². The summed E-state index contributed by atoms with van der Waals surface area (Å²) in [6.07, 6.45) is 1.59. The number of aryl methyl sites for hydroxylation is 1. The number of hydrogen-bond donors (Lipinski definition) is 2. The average Bonchev–Trinajstić information content (AvgIpc) is 2.82. The van der Waals surface area contributed by atoms with E-state index in [1.807, 2.05) is 11.5 Å². The predicted octanol–water partition coefficient (Wildman–Crippen LogP) is 0.160. The minimum Gasteiger partial charge on any atom is -0.481 e. The summed E-state index contributed by atoms with van der Waals surface area (Å²) in [6.45, 7) is 4.65. The van der Waals surface area contributed by atoms with Gasteiger partial charge in [0, 0.05) is 20.1 Å². The molecule has 106 valence electrons. The van der Waals surface area contributed by atoms with Gasteiger partial charge in [0.25, 0.3) is 0 Å². The van der Waals surface area contributed by atoms with Gasteiger partial charge in [-0.3, -0.25) is 4.79 Å². The van der Waals surface area contributed by atoms with Crippen LogP contribution >= 0.6 is 0 Å². The number of aliphatic carboxylic acids is 1. The third-order valence-electron chi connectivity index (χ3n) is 2.75. The molecule has 1 aromatic rings. The number of carbonyl (C=O) groups excluding carboxylic acids is 1. The number of urea groups is 1. The molecule has 1 aromatic heterocycles. The number of aromatic nitrogens is 3. The van der Waals surface area contributed by atoms with Crippen LogP contribution in [0.1, 0.15) is 19.7 Å². The van der Waals surface area contributed by atoms with E-state index in [1.165, 1.54) is 4.90 Å². The van der Waals surface area contributed by atoms with Gasteiger partial charge in [0.2, 0.25) is 0 Å². The van der Waals surface area contributed by atoms with E-state index in [0.29, 0.717) is 5.82 Å². The largest absolute Gasteiger partial charge is 0.481 e. The molecule has 1 atom stereocenters. The fourth-order valence-electron chi connectivity index (χ4n) is 1.54. The molecular formula is C11H19N5O3. The summed E-state index contributed by atoms with van der Waals surface area (Å²) in [6, 6.07) is -0.334. The van der Waals surface area contributed by atoms with Crippen LogP contribution in [-0.2, 0) is 17.9 Å². The zero-order valence-electron chi connectivity index (χ0n) is 11.3. The highest BCUT2D eigenvalue weighted by Crippen LogP contribution is 1.99. The van der Waals surface area contributed by atoms with E-state index >= 15 is 0 Å². The van der Waals surface area contributed by atoms with Crippen LogP contribution in [-0.4, -0.2) is 50.4 Å². The lowest BCUT2D eigenvalue weighted by Crippen LogP contribution is -2.40. The van der Waals surface area contributed by atoms with Crippen LogP contribution in [0.2, 0.25) is 0 Å². The molecule has 2 amide bonds. The zero-order valence-corrected chi connectivity index (χ0v) is 11.3. The molecule has 0 fully saturated rings. The number of amides is 2. The van der Waals surface area contributed by atoms with Crippen molar-refractivity contribution in [2.24, 2.45) is 5.92 Å². The second kappa shape index (κ2) is 6.72. The number of carbonyl (C=O) groups is 2. The Balaban J connectivity index is 2.45. The maximum absolute atomic E-state index is 11.8. The van der Waals surface area contributed by atoms with E-state index in [1.54, 1.807) is 20.3 Å². The normalized spacial score (nSPS) is 11.9. The number of rotatable bonds is 6. The predicted molar refractivity (Wildman–Crippen MR) is 67.4 cm³/mol. The van der Waals surface area contributed by atoms with Crippen LogP contribution in [0.5, 0.6) is 0 Å². The van der Waals surface area contributed by atoms with Crippen molar-refractivity contribution in [3.05, 3.63) is 12.2 Å². The monoisotopic (exact) mass is 269 g/mol. The third kappa shape index (κ3) is 4.23. The van der Waals surface area contributed by atoms with E-state index in [2.05, 4.69) is 15.5 Å². The topological polar surface area (TPSA) is 100 Å². The smallest absolute Gasteiger partial charge is 0.317 e. The zero-order chi connectivity index (χ0) is 14.4. The van der Waals surface area contributed by atoms with Gasteiger partial charge in [-0.25, -0.2) is 4.79 Å². The minimum absolute atomic E-state index is 0.154. The second-order valence-corrected chi connectivity index (χ2v) is 4.31. The Morgan fingerprint density at radius 1 is 1.58 bits per heavy atom. The van der Waals surface area contributed by atoms with Gasteiger partial charge < -0.3 is 19.9 Å². The summed E-state index contributed by atoms with van der Waals surface area (Å²) in [7, 11) is 1.55. The Labute approximate surface area is 111 Å². The first-order valence-electron chi connectivity index (χ1n) is 6.04. The van der Waals surface area contributed by atoms with Crippen molar-refractivity contribution in [3.8, 4) is 0 Å². The number of nitrogens with one attached hydrogen (secondary N) is 1. The molecular weight excluding hydrogens is 250 g/mol. The van der Waals surface area contributed by atoms with Crippen LogP contribution in [0, 0.1) is 5.92 Å². The lowest BCUT2D eigenvalue weighted by atomic mass is 10.2. The van der Waals surface area contributed by atoms with Gasteiger partial charge in [-0.05, 0) is 6.92 Å². The molecule has 0 aliphatic rings. The summed E-state index contributed by atoms with van der Waals surface area (Å²) in [5, 5.41) is 19.1. The molecule has 8 heteroatoms. The highest BCUT2D eigenvalue weighted by Gasteiger charge is 2.17. The van der Waals surface area contributed by atoms with Gasteiger partial charge in [-0.2, -0.15) is 0 Å². The molecule has 2 N–H and O–H groups in total. The van der Waals surface area contributed by atoms with E-state index in [9.17, 15) is 9.59 Å². The van der Waals surface area contributed by atoms with E-state index in [-0.39, 0.29) is 19.1 Å². The van der Waals surface area contributed by atoms with Crippen molar-refractivity contribution in [2.45, 2.75) is 26.9 Å². The molecule has 0 aliphatic carbocycles. The van der Waals surface area contributed by atoms with Gasteiger partial charge in [0.1, 0.15) is 6.33 Å². The molecule has 0 bridgehead atoms. The molecule has 0 aromatic carbocycles. The molecule has 0 aliphatic heterocycles. The van der Waals surface area contributed by atoms with Crippen molar-refractivity contribution in [1.29, 1.82) is 0 Å². The fraction of sp³-hybridized carbons (Fsp3) is 0.636. The Bertz CT molecular complexity index is 445. The SMILES string of the molecule is CCn1cnnc1CNC(=O)N(C)CC(C)C(=O)O. The molecule has 0 radical (unpaired) electrons. The Hall–Kier alpha value is -2.12. The number of hydrogen-bond acceptors (Lipinski definition) is 4. The van der Waals surface area contributed by atoms with Gasteiger partial charge in [-0.15, -0.1) is 10.2 Å². The highest BCUT2D eigenvalue weighted by molar-refractivity contribution is 5.75. The third-order valence-corrected chi connectivity index (χ3v) is 2.75. The molecule has 0 spiro atoms. The first-order chi connectivity index (χ1) is 8.95. The van der Waals surface area contributed by atoms with Crippen LogP contribution < -0.4 is 5.32 Å². The average molecular weight is 269 g/mol. The van der Waals surface area contributed by atoms with Crippen molar-refractivity contribution >= 4 is 12.0 Å². The van der Waals surface area contributed by atoms with Crippen LogP contribution in [0.15, 0.2) is 6.33 Å². The molecule has 0 saturated carbocycles. The molecule has 0 saturated heterocycles. The molecule has 19 heavy (non-hydrogen) atoms. The van der Waals surface area contributed by atoms with Crippen LogP contribution in [0.4, 0.5) is 4.79 Å². The number of nitrogens with zero attached hydrogens (tertiary/aromatic N) is 4. The van der Waals surface area contributed by atoms with E-state index < -0.39 is 11.9 Å². The van der Waals surface area contributed by atoms with Crippen LogP contribution in [0.3, 0.4) is 0 Å². The van der Waals surface area contributed by atoms with Crippen molar-refractivity contribution in [2.75, 3.05) is 13.6 Å². The summed E-state index contributed by atoms with van der Waals surface area (Å²) < 4.78 is 1.82. The molecule has 8 nitrogen and oxygen atoms in total. The molecule has 1 heterocycles. The van der Waals surface area contributed by atoms with E-state index in [0.717, 1.165) is 6.54 Å². The van der Waals surface area contributed by atoms with Gasteiger partial charge in [-0.1, -0.05) is 6.92 Å². The first kappa shape index (κ1) is 14.9. The summed E-state index contributed by atoms with van der Waals surface area (Å²) >= 11 is 0. The molecule has 1 rings (SSSR count). The Kier molecular flexibility index (Phi) is 5.28. The Morgan fingerprint density at radius 3 is 2.84 bits per heavy atom. The second-order valence-electron chi connectivity index (χ2n) is 4.31. The highest BCUT2D eigenvalue weighted by atomic mass is 16.4. The summed E-state index contributed by atoms with van der Waals surface area (Å²) in [4.78, 5) is 23.8. The summed E-state index contributed by atoms with van der Waals surface area (Å²) in [5.41, 5.74) is 0. The van der Waals surface area contributed by atoms with E-state index in [4.69, 9.17) is 5.11 Å². The van der Waals surface area contributed by atoms with Crippen LogP contribution in [0.25, 0.3) is 0 Å². The maximum Gasteiger partial charge on any atom is 0.317 e.